The van der Waals surface area contributed by atoms with E-state index >= 15 is 0 Å². The van der Waals surface area contributed by atoms with Crippen molar-refractivity contribution in [3.63, 3.8) is 0 Å². The van der Waals surface area contributed by atoms with Gasteiger partial charge in [0.15, 0.2) is 0 Å². The van der Waals surface area contributed by atoms with Gasteiger partial charge in [0, 0.05) is 5.69 Å². The Balaban J connectivity index is 2.03. The van der Waals surface area contributed by atoms with Gasteiger partial charge in [0.2, 0.25) is 5.91 Å². The van der Waals surface area contributed by atoms with Crippen LogP contribution in [0.5, 0.6) is 5.75 Å². The summed E-state index contributed by atoms with van der Waals surface area (Å²) in [6.07, 6.45) is 0.203. The number of benzene rings is 2. The molecular formula is C15H13BrFNO2. The van der Waals surface area contributed by atoms with Gasteiger partial charge in [0.1, 0.15) is 11.6 Å². The maximum Gasteiger partial charge on any atom is 0.228 e. The Labute approximate surface area is 124 Å². The molecule has 0 aromatic heterocycles. The lowest BCUT2D eigenvalue weighted by molar-refractivity contribution is -0.115. The van der Waals surface area contributed by atoms with Gasteiger partial charge in [0.05, 0.1) is 18.0 Å². The number of halogens is 2. The van der Waals surface area contributed by atoms with Crippen LogP contribution in [0.25, 0.3) is 0 Å². The van der Waals surface area contributed by atoms with E-state index in [0.717, 1.165) is 5.56 Å². The van der Waals surface area contributed by atoms with Crippen LogP contribution in [-0.4, -0.2) is 13.0 Å². The van der Waals surface area contributed by atoms with Crippen LogP contribution in [0.4, 0.5) is 10.1 Å². The second kappa shape index (κ2) is 6.52. The third-order valence-electron chi connectivity index (χ3n) is 2.70. The van der Waals surface area contributed by atoms with Crippen molar-refractivity contribution in [2.24, 2.45) is 0 Å². The molecule has 1 N–H and O–H groups in total. The normalized spacial score (nSPS) is 10.2. The first-order valence-corrected chi connectivity index (χ1v) is 6.75. The van der Waals surface area contributed by atoms with Crippen LogP contribution < -0.4 is 10.1 Å². The van der Waals surface area contributed by atoms with Gasteiger partial charge in [-0.25, -0.2) is 4.39 Å². The molecule has 2 aromatic carbocycles. The summed E-state index contributed by atoms with van der Waals surface area (Å²) in [5.41, 5.74) is 1.26. The lowest BCUT2D eigenvalue weighted by atomic mass is 10.1. The molecule has 0 spiro atoms. The summed E-state index contributed by atoms with van der Waals surface area (Å²) in [5, 5.41) is 2.66. The molecule has 0 atom stereocenters. The van der Waals surface area contributed by atoms with E-state index < -0.39 is 5.82 Å². The van der Waals surface area contributed by atoms with Gasteiger partial charge >= 0.3 is 0 Å². The minimum atomic E-state index is -0.413. The molecule has 0 aliphatic carbocycles. The van der Waals surface area contributed by atoms with Gasteiger partial charge in [0.25, 0.3) is 0 Å². The SMILES string of the molecule is COc1cccc(CC(=O)Nc2ccc(Br)c(F)c2)c1. The molecule has 2 aromatic rings. The second-order valence-electron chi connectivity index (χ2n) is 4.21. The van der Waals surface area contributed by atoms with E-state index in [4.69, 9.17) is 4.74 Å². The van der Waals surface area contributed by atoms with Crippen molar-refractivity contribution < 1.29 is 13.9 Å². The molecule has 0 unspecified atom stereocenters. The highest BCUT2D eigenvalue weighted by molar-refractivity contribution is 9.10. The molecule has 3 nitrogen and oxygen atoms in total. The third kappa shape index (κ3) is 3.81. The van der Waals surface area contributed by atoms with Crippen molar-refractivity contribution >= 4 is 27.5 Å². The molecule has 0 heterocycles. The number of anilines is 1. The van der Waals surface area contributed by atoms with E-state index in [1.807, 2.05) is 18.2 Å². The number of nitrogens with one attached hydrogen (secondary N) is 1. The van der Waals surface area contributed by atoms with Crippen LogP contribution in [0, 0.1) is 5.82 Å². The van der Waals surface area contributed by atoms with Gasteiger partial charge in [-0.3, -0.25) is 4.79 Å². The predicted octanol–water partition coefficient (Wildman–Crippen LogP) is 3.78. The molecule has 0 saturated heterocycles. The Bertz CT molecular complexity index is 631. The second-order valence-corrected chi connectivity index (χ2v) is 5.06. The fourth-order valence-corrected chi connectivity index (χ4v) is 1.99. The molecule has 104 valence electrons. The summed E-state index contributed by atoms with van der Waals surface area (Å²) < 4.78 is 18.8. The molecule has 0 fully saturated rings. The standard InChI is InChI=1S/C15H13BrFNO2/c1-20-12-4-2-3-10(7-12)8-15(19)18-11-5-6-13(16)14(17)9-11/h2-7,9H,8H2,1H3,(H,18,19). The first-order chi connectivity index (χ1) is 9.58. The summed E-state index contributed by atoms with van der Waals surface area (Å²) in [4.78, 5) is 11.9. The van der Waals surface area contributed by atoms with E-state index in [2.05, 4.69) is 21.2 Å². The highest BCUT2D eigenvalue weighted by atomic mass is 79.9. The first kappa shape index (κ1) is 14.5. The topological polar surface area (TPSA) is 38.3 Å². The van der Waals surface area contributed by atoms with Crippen LogP contribution in [0.2, 0.25) is 0 Å². The van der Waals surface area contributed by atoms with Gasteiger partial charge < -0.3 is 10.1 Å². The van der Waals surface area contributed by atoms with E-state index in [-0.39, 0.29) is 12.3 Å². The van der Waals surface area contributed by atoms with Crippen molar-refractivity contribution in [2.45, 2.75) is 6.42 Å². The van der Waals surface area contributed by atoms with Gasteiger partial charge in [-0.1, -0.05) is 12.1 Å². The van der Waals surface area contributed by atoms with Crippen LogP contribution in [-0.2, 0) is 11.2 Å². The molecule has 2 rings (SSSR count). The lowest BCUT2D eigenvalue weighted by Gasteiger charge is -2.07. The molecule has 20 heavy (non-hydrogen) atoms. The number of ether oxygens (including phenoxy) is 1. The Kier molecular flexibility index (Phi) is 4.74. The number of hydrogen-bond acceptors (Lipinski definition) is 2. The maximum atomic E-state index is 13.3. The minimum Gasteiger partial charge on any atom is -0.497 e. The van der Waals surface area contributed by atoms with Gasteiger partial charge in [-0.05, 0) is 51.8 Å². The predicted molar refractivity (Wildman–Crippen MR) is 79.4 cm³/mol. The highest BCUT2D eigenvalue weighted by Crippen LogP contribution is 2.19. The number of carbonyl (C=O) groups is 1. The average molecular weight is 338 g/mol. The number of rotatable bonds is 4. The Hall–Kier alpha value is -1.88. The molecule has 0 aliphatic rings. The molecule has 0 bridgehead atoms. The van der Waals surface area contributed by atoms with Crippen LogP contribution in [0.1, 0.15) is 5.56 Å². The summed E-state index contributed by atoms with van der Waals surface area (Å²) in [7, 11) is 1.57. The van der Waals surface area contributed by atoms with Crippen LogP contribution >= 0.6 is 15.9 Å². The number of amides is 1. The fourth-order valence-electron chi connectivity index (χ4n) is 1.75. The zero-order valence-corrected chi connectivity index (χ0v) is 12.4. The van der Waals surface area contributed by atoms with Gasteiger partial charge in [-0.15, -0.1) is 0 Å². The largest absolute Gasteiger partial charge is 0.497 e. The number of methoxy groups -OCH3 is 1. The number of carbonyl (C=O) groups excluding carboxylic acids is 1. The van der Waals surface area contributed by atoms with E-state index in [0.29, 0.717) is 15.9 Å². The van der Waals surface area contributed by atoms with Crippen LogP contribution in [0.3, 0.4) is 0 Å². The fraction of sp³-hybridized carbons (Fsp3) is 0.133. The van der Waals surface area contributed by atoms with Crippen molar-refractivity contribution in [3.05, 3.63) is 58.3 Å². The first-order valence-electron chi connectivity index (χ1n) is 5.96. The quantitative estimate of drug-likeness (QED) is 0.921. The summed E-state index contributed by atoms with van der Waals surface area (Å²) >= 11 is 3.06. The van der Waals surface area contributed by atoms with Gasteiger partial charge in [-0.2, -0.15) is 0 Å². The molecule has 0 saturated carbocycles. The summed E-state index contributed by atoms with van der Waals surface area (Å²) in [5.74, 6) is 0.0779. The number of hydrogen-bond donors (Lipinski definition) is 1. The van der Waals surface area contributed by atoms with Crippen LogP contribution in [0.15, 0.2) is 46.9 Å². The van der Waals surface area contributed by atoms with E-state index in [1.54, 1.807) is 25.3 Å². The monoisotopic (exact) mass is 337 g/mol. The zero-order valence-electron chi connectivity index (χ0n) is 10.8. The summed E-state index contributed by atoms with van der Waals surface area (Å²) in [6, 6.07) is 11.7. The average Bonchev–Trinajstić information content (AvgIpc) is 2.43. The van der Waals surface area contributed by atoms with E-state index in [9.17, 15) is 9.18 Å². The third-order valence-corrected chi connectivity index (χ3v) is 3.35. The Morgan fingerprint density at radius 2 is 2.10 bits per heavy atom. The Morgan fingerprint density at radius 1 is 1.30 bits per heavy atom. The molecular weight excluding hydrogens is 325 g/mol. The maximum absolute atomic E-state index is 13.3. The molecule has 1 amide bonds. The lowest BCUT2D eigenvalue weighted by Crippen LogP contribution is -2.14. The minimum absolute atomic E-state index is 0.203. The highest BCUT2D eigenvalue weighted by Gasteiger charge is 2.07. The van der Waals surface area contributed by atoms with Crippen molar-refractivity contribution in [2.75, 3.05) is 12.4 Å². The Morgan fingerprint density at radius 3 is 2.80 bits per heavy atom. The smallest absolute Gasteiger partial charge is 0.228 e. The zero-order chi connectivity index (χ0) is 14.5. The molecule has 0 radical (unpaired) electrons. The molecule has 5 heteroatoms. The van der Waals surface area contributed by atoms with Crippen molar-refractivity contribution in [3.8, 4) is 5.75 Å². The summed E-state index contributed by atoms with van der Waals surface area (Å²) in [6.45, 7) is 0. The van der Waals surface area contributed by atoms with E-state index in [1.165, 1.54) is 6.07 Å². The van der Waals surface area contributed by atoms with Crippen molar-refractivity contribution in [1.29, 1.82) is 0 Å². The van der Waals surface area contributed by atoms with Crippen molar-refractivity contribution in [1.82, 2.24) is 0 Å². The molecule has 0 aliphatic heterocycles.